The summed E-state index contributed by atoms with van der Waals surface area (Å²) in [5.74, 6) is -1.58. The number of rotatable bonds is 4. The second kappa shape index (κ2) is 6.08. The van der Waals surface area contributed by atoms with Crippen LogP contribution in [0.4, 0.5) is 18.0 Å². The molecular formula is C15H12F3N5O2. The van der Waals surface area contributed by atoms with Gasteiger partial charge in [-0.05, 0) is 18.4 Å². The normalized spacial score (nSPS) is 15.3. The molecule has 1 aromatic heterocycles. The van der Waals surface area contributed by atoms with Crippen LogP contribution in [-0.2, 0) is 12.7 Å². The molecule has 0 spiro atoms. The Hall–Kier alpha value is -3.09. The lowest BCUT2D eigenvalue weighted by molar-refractivity contribution is -0.159. The quantitative estimate of drug-likeness (QED) is 0.881. The van der Waals surface area contributed by atoms with Crippen LogP contribution in [0.1, 0.15) is 24.3 Å². The summed E-state index contributed by atoms with van der Waals surface area (Å²) in [7, 11) is 0. The molecule has 2 amide bonds. The minimum absolute atomic E-state index is 0.172. The topological polar surface area (TPSA) is 104 Å². The Morgan fingerprint density at radius 2 is 2.00 bits per heavy atom. The van der Waals surface area contributed by atoms with Gasteiger partial charge >= 0.3 is 18.1 Å². The van der Waals surface area contributed by atoms with E-state index in [2.05, 4.69) is 25.3 Å². The number of carbonyl (C=O) groups excluding carboxylic acids is 1. The maximum atomic E-state index is 12.4. The van der Waals surface area contributed by atoms with Crippen LogP contribution in [0.2, 0.25) is 0 Å². The van der Waals surface area contributed by atoms with Crippen molar-refractivity contribution in [3.05, 3.63) is 35.7 Å². The van der Waals surface area contributed by atoms with Gasteiger partial charge < -0.3 is 15.2 Å². The van der Waals surface area contributed by atoms with Crippen molar-refractivity contribution >= 4 is 6.03 Å². The van der Waals surface area contributed by atoms with Gasteiger partial charge in [-0.1, -0.05) is 29.4 Å². The summed E-state index contributed by atoms with van der Waals surface area (Å²) in [5.41, 5.74) is 0.331. The van der Waals surface area contributed by atoms with E-state index in [1.807, 2.05) is 6.07 Å². The van der Waals surface area contributed by atoms with Crippen molar-refractivity contribution in [3.63, 3.8) is 0 Å². The van der Waals surface area contributed by atoms with Gasteiger partial charge in [0.25, 0.3) is 0 Å². The van der Waals surface area contributed by atoms with Crippen LogP contribution in [-0.4, -0.2) is 21.7 Å². The Kier molecular flexibility index (Phi) is 4.08. The van der Waals surface area contributed by atoms with Crippen LogP contribution >= 0.6 is 0 Å². The van der Waals surface area contributed by atoms with Gasteiger partial charge in [-0.3, -0.25) is 0 Å². The first kappa shape index (κ1) is 16.8. The standard InChI is InChI=1S/C15H12F3N5O2/c16-15(17,18)12-21-11(23-25-12)10-3-1-9(2-4-10)7-20-13(24)22-14(8-19)5-6-14/h1-4H,5-7H2,(H2,20,22,24). The largest absolute Gasteiger partial charge is 0.471 e. The monoisotopic (exact) mass is 351 g/mol. The van der Waals surface area contributed by atoms with Crippen molar-refractivity contribution in [1.29, 1.82) is 5.26 Å². The molecule has 0 atom stereocenters. The first-order valence-corrected chi connectivity index (χ1v) is 7.29. The molecular weight excluding hydrogens is 339 g/mol. The van der Waals surface area contributed by atoms with Gasteiger partial charge in [-0.2, -0.15) is 23.4 Å². The zero-order chi connectivity index (χ0) is 18.1. The summed E-state index contributed by atoms with van der Waals surface area (Å²) in [4.78, 5) is 15.0. The fourth-order valence-corrected chi connectivity index (χ4v) is 2.06. The first-order chi connectivity index (χ1) is 11.8. The van der Waals surface area contributed by atoms with E-state index in [1.165, 1.54) is 12.1 Å². The number of nitrogens with zero attached hydrogens (tertiary/aromatic N) is 3. The molecule has 2 aromatic rings. The van der Waals surface area contributed by atoms with Gasteiger partial charge in [-0.25, -0.2) is 4.79 Å². The number of benzene rings is 1. The number of urea groups is 1. The molecule has 0 unspecified atom stereocenters. The van der Waals surface area contributed by atoms with Crippen molar-refractivity contribution in [2.45, 2.75) is 31.1 Å². The lowest BCUT2D eigenvalue weighted by atomic mass is 10.1. The number of nitriles is 1. The van der Waals surface area contributed by atoms with E-state index in [0.717, 1.165) is 5.56 Å². The molecule has 0 radical (unpaired) electrons. The van der Waals surface area contributed by atoms with E-state index in [4.69, 9.17) is 5.26 Å². The fraction of sp³-hybridized carbons (Fsp3) is 0.333. The van der Waals surface area contributed by atoms with Crippen molar-refractivity contribution in [2.24, 2.45) is 0 Å². The smallest absolute Gasteiger partial charge is 0.334 e. The van der Waals surface area contributed by atoms with Crippen LogP contribution in [0.25, 0.3) is 11.4 Å². The third-order valence-electron chi connectivity index (χ3n) is 3.65. The van der Waals surface area contributed by atoms with Crippen molar-refractivity contribution in [1.82, 2.24) is 20.8 Å². The molecule has 1 saturated carbocycles. The van der Waals surface area contributed by atoms with E-state index in [9.17, 15) is 18.0 Å². The average molecular weight is 351 g/mol. The number of amides is 2. The Balaban J connectivity index is 1.58. The highest BCUT2D eigenvalue weighted by molar-refractivity contribution is 5.76. The molecule has 0 bridgehead atoms. The molecule has 1 heterocycles. The van der Waals surface area contributed by atoms with Gasteiger partial charge in [0.15, 0.2) is 0 Å². The van der Waals surface area contributed by atoms with Crippen LogP contribution in [0.3, 0.4) is 0 Å². The molecule has 3 rings (SSSR count). The highest BCUT2D eigenvalue weighted by Crippen LogP contribution is 2.34. The Labute approximate surface area is 139 Å². The second-order valence-electron chi connectivity index (χ2n) is 5.62. The molecule has 0 saturated heterocycles. The van der Waals surface area contributed by atoms with E-state index in [1.54, 1.807) is 12.1 Å². The SMILES string of the molecule is N#CC1(NC(=O)NCc2ccc(-c3noc(C(F)(F)F)n3)cc2)CC1. The minimum Gasteiger partial charge on any atom is -0.334 e. The van der Waals surface area contributed by atoms with E-state index in [-0.39, 0.29) is 12.4 Å². The zero-order valence-electron chi connectivity index (χ0n) is 12.7. The Morgan fingerprint density at radius 3 is 2.52 bits per heavy atom. The molecule has 0 aliphatic heterocycles. The molecule has 1 aromatic carbocycles. The Morgan fingerprint density at radius 1 is 1.32 bits per heavy atom. The van der Waals surface area contributed by atoms with Crippen LogP contribution in [0.15, 0.2) is 28.8 Å². The first-order valence-electron chi connectivity index (χ1n) is 7.29. The number of nitrogens with one attached hydrogen (secondary N) is 2. The highest BCUT2D eigenvalue weighted by atomic mass is 19.4. The lowest BCUT2D eigenvalue weighted by Crippen LogP contribution is -2.42. The lowest BCUT2D eigenvalue weighted by Gasteiger charge is -2.10. The molecule has 7 nitrogen and oxygen atoms in total. The zero-order valence-corrected chi connectivity index (χ0v) is 12.7. The molecule has 1 aliphatic carbocycles. The third-order valence-corrected chi connectivity index (χ3v) is 3.65. The van der Waals surface area contributed by atoms with Gasteiger partial charge in [0.1, 0.15) is 5.54 Å². The van der Waals surface area contributed by atoms with Crippen LogP contribution < -0.4 is 10.6 Å². The minimum atomic E-state index is -4.69. The second-order valence-corrected chi connectivity index (χ2v) is 5.62. The summed E-state index contributed by atoms with van der Waals surface area (Å²) in [6, 6.07) is 7.89. The molecule has 1 aliphatic rings. The Bertz CT molecular complexity index is 819. The van der Waals surface area contributed by atoms with Gasteiger partial charge in [0, 0.05) is 12.1 Å². The van der Waals surface area contributed by atoms with E-state index < -0.39 is 23.6 Å². The van der Waals surface area contributed by atoms with Crippen molar-refractivity contribution in [3.8, 4) is 17.5 Å². The predicted octanol–water partition coefficient (Wildman–Crippen LogP) is 2.61. The number of hydrogen-bond donors (Lipinski definition) is 2. The highest BCUT2D eigenvalue weighted by Gasteiger charge is 2.44. The van der Waals surface area contributed by atoms with Gasteiger partial charge in [0.05, 0.1) is 6.07 Å². The molecule has 25 heavy (non-hydrogen) atoms. The summed E-state index contributed by atoms with van der Waals surface area (Å²) in [5, 5.41) is 17.4. The van der Waals surface area contributed by atoms with Crippen molar-refractivity contribution in [2.75, 3.05) is 0 Å². The van der Waals surface area contributed by atoms with Crippen molar-refractivity contribution < 1.29 is 22.5 Å². The number of aromatic nitrogens is 2. The van der Waals surface area contributed by atoms with Gasteiger partial charge in [-0.15, -0.1) is 0 Å². The number of carbonyl (C=O) groups is 1. The summed E-state index contributed by atoms with van der Waals surface area (Å²) < 4.78 is 41.5. The molecule has 10 heteroatoms. The average Bonchev–Trinajstić information content (AvgIpc) is 3.15. The van der Waals surface area contributed by atoms with E-state index >= 15 is 0 Å². The summed E-state index contributed by atoms with van der Waals surface area (Å²) in [6.45, 7) is 0.202. The number of hydrogen-bond acceptors (Lipinski definition) is 5. The maximum absolute atomic E-state index is 12.4. The summed E-state index contributed by atoms with van der Waals surface area (Å²) in [6.07, 6.45) is -3.42. The molecule has 130 valence electrons. The third kappa shape index (κ3) is 3.88. The van der Waals surface area contributed by atoms with Gasteiger partial charge in [0.2, 0.25) is 5.82 Å². The molecule has 2 N–H and O–H groups in total. The van der Waals surface area contributed by atoms with E-state index in [0.29, 0.717) is 18.4 Å². The predicted molar refractivity (Wildman–Crippen MR) is 77.7 cm³/mol. The summed E-state index contributed by atoms with van der Waals surface area (Å²) >= 11 is 0. The number of halogens is 3. The maximum Gasteiger partial charge on any atom is 0.471 e. The fourth-order valence-electron chi connectivity index (χ4n) is 2.06. The van der Waals surface area contributed by atoms with Crippen LogP contribution in [0, 0.1) is 11.3 Å². The van der Waals surface area contributed by atoms with Crippen LogP contribution in [0.5, 0.6) is 0 Å². The number of alkyl halides is 3. The molecule has 1 fully saturated rings.